The summed E-state index contributed by atoms with van der Waals surface area (Å²) in [4.78, 5) is 23.3. The quantitative estimate of drug-likeness (QED) is 0.648. The van der Waals surface area contributed by atoms with Crippen LogP contribution < -0.4 is 5.32 Å². The molecule has 0 spiro atoms. The van der Waals surface area contributed by atoms with Gasteiger partial charge in [-0.3, -0.25) is 4.79 Å². The molecule has 0 radical (unpaired) electrons. The molecule has 0 bridgehead atoms. The number of thioether (sulfide) groups is 1. The number of aromatic nitrogens is 3. The number of anilines is 1. The first-order valence-corrected chi connectivity index (χ1v) is 11.8. The fourth-order valence-electron chi connectivity index (χ4n) is 4.31. The number of nitrogens with one attached hydrogen (secondary N) is 1. The van der Waals surface area contributed by atoms with Gasteiger partial charge in [0, 0.05) is 11.8 Å². The zero-order valence-corrected chi connectivity index (χ0v) is 18.5. The molecule has 0 saturated carbocycles. The third-order valence-electron chi connectivity index (χ3n) is 5.74. The third-order valence-corrected chi connectivity index (χ3v) is 7.64. The second kappa shape index (κ2) is 9.69. The van der Waals surface area contributed by atoms with Crippen LogP contribution in [0.3, 0.4) is 0 Å². The molecule has 1 amide bonds. The van der Waals surface area contributed by atoms with Gasteiger partial charge in [0.25, 0.3) is 0 Å². The van der Waals surface area contributed by atoms with E-state index in [1.165, 1.54) is 56.1 Å². The lowest BCUT2D eigenvalue weighted by Gasteiger charge is -2.44. The molecule has 2 fully saturated rings. The summed E-state index contributed by atoms with van der Waals surface area (Å²) in [7, 11) is 0. The van der Waals surface area contributed by atoms with Gasteiger partial charge >= 0.3 is 0 Å². The van der Waals surface area contributed by atoms with Gasteiger partial charge in [-0.05, 0) is 56.8 Å². The van der Waals surface area contributed by atoms with Crippen molar-refractivity contribution >= 4 is 46.6 Å². The van der Waals surface area contributed by atoms with Crippen molar-refractivity contribution in [2.24, 2.45) is 5.92 Å². The van der Waals surface area contributed by atoms with Gasteiger partial charge in [0.15, 0.2) is 5.15 Å². The third kappa shape index (κ3) is 5.26. The molecule has 6 nitrogen and oxygen atoms in total. The molecule has 9 heteroatoms. The SMILES string of the molecule is O=C(Cn1cnc(Cl)c1Cl)Nc1ccc(SC[C@@H]2CCCN3CCCC[C@H]23)nc1. The van der Waals surface area contributed by atoms with Gasteiger partial charge in [-0.1, -0.05) is 29.6 Å². The van der Waals surface area contributed by atoms with E-state index in [9.17, 15) is 4.79 Å². The predicted octanol–water partition coefficient (Wildman–Crippen LogP) is 4.58. The first-order chi connectivity index (χ1) is 14.1. The summed E-state index contributed by atoms with van der Waals surface area (Å²) in [5.41, 5.74) is 0.665. The largest absolute Gasteiger partial charge is 0.323 e. The Morgan fingerprint density at radius 3 is 2.79 bits per heavy atom. The number of halogens is 2. The Morgan fingerprint density at radius 2 is 2.03 bits per heavy atom. The molecule has 2 saturated heterocycles. The minimum atomic E-state index is -0.206. The standard InChI is InChI=1S/C20H25Cl2N5OS/c21-19-20(22)27(13-24-19)11-17(28)25-15-6-7-18(23-10-15)29-12-14-4-3-9-26-8-2-1-5-16(14)26/h6-7,10,13-14,16H,1-5,8-9,11-12H2,(H,25,28)/t14-,16+/m0/s1. The number of piperidine rings is 2. The van der Waals surface area contributed by atoms with Crippen LogP contribution in [0, 0.1) is 5.92 Å². The molecule has 2 aliphatic rings. The average Bonchev–Trinajstić information content (AvgIpc) is 3.05. The number of rotatable bonds is 6. The van der Waals surface area contributed by atoms with Gasteiger partial charge in [0.1, 0.15) is 11.7 Å². The summed E-state index contributed by atoms with van der Waals surface area (Å²) >= 11 is 13.6. The van der Waals surface area contributed by atoms with Crippen molar-refractivity contribution in [3.05, 3.63) is 35.0 Å². The molecule has 4 heterocycles. The van der Waals surface area contributed by atoms with Gasteiger partial charge in [0.05, 0.1) is 23.2 Å². The summed E-state index contributed by atoms with van der Waals surface area (Å²) in [5, 5.41) is 4.28. The lowest BCUT2D eigenvalue weighted by Crippen LogP contribution is -2.48. The van der Waals surface area contributed by atoms with E-state index in [1.807, 2.05) is 23.9 Å². The number of nitrogens with zero attached hydrogens (tertiary/aromatic N) is 4. The minimum absolute atomic E-state index is 0.0502. The monoisotopic (exact) mass is 453 g/mol. The molecule has 2 aliphatic heterocycles. The summed E-state index contributed by atoms with van der Waals surface area (Å²) in [6, 6.07) is 4.62. The molecule has 0 unspecified atom stereocenters. The van der Waals surface area contributed by atoms with Crippen LogP contribution in [-0.2, 0) is 11.3 Å². The van der Waals surface area contributed by atoms with Crippen molar-refractivity contribution in [3.63, 3.8) is 0 Å². The highest BCUT2D eigenvalue weighted by molar-refractivity contribution is 7.99. The van der Waals surface area contributed by atoms with Gasteiger partial charge in [0.2, 0.25) is 5.91 Å². The predicted molar refractivity (Wildman–Crippen MR) is 118 cm³/mol. The molecular formula is C20H25Cl2N5OS. The zero-order valence-electron chi connectivity index (χ0n) is 16.2. The first-order valence-electron chi connectivity index (χ1n) is 10.1. The number of carbonyl (C=O) groups excluding carboxylic acids is 1. The summed E-state index contributed by atoms with van der Waals surface area (Å²) in [6.07, 6.45) is 9.85. The van der Waals surface area contributed by atoms with Crippen LogP contribution >= 0.6 is 35.0 Å². The molecule has 4 rings (SSSR count). The fraction of sp³-hybridized carbons (Fsp3) is 0.550. The number of hydrogen-bond donors (Lipinski definition) is 1. The van der Waals surface area contributed by atoms with E-state index in [-0.39, 0.29) is 22.8 Å². The number of fused-ring (bicyclic) bond motifs is 1. The Bertz CT molecular complexity index is 842. The molecule has 2 aromatic rings. The van der Waals surface area contributed by atoms with E-state index in [0.717, 1.165) is 22.7 Å². The molecule has 0 aliphatic carbocycles. The average molecular weight is 454 g/mol. The Hall–Kier alpha value is -1.28. The van der Waals surface area contributed by atoms with E-state index in [4.69, 9.17) is 23.2 Å². The lowest BCUT2D eigenvalue weighted by molar-refractivity contribution is -0.116. The van der Waals surface area contributed by atoms with Crippen molar-refractivity contribution in [1.29, 1.82) is 0 Å². The van der Waals surface area contributed by atoms with Gasteiger partial charge in [-0.25, -0.2) is 9.97 Å². The van der Waals surface area contributed by atoms with Crippen molar-refractivity contribution < 1.29 is 4.79 Å². The zero-order chi connectivity index (χ0) is 20.2. The molecule has 29 heavy (non-hydrogen) atoms. The second-order valence-electron chi connectivity index (χ2n) is 7.70. The summed E-state index contributed by atoms with van der Waals surface area (Å²) in [6.45, 7) is 2.60. The van der Waals surface area contributed by atoms with Crippen molar-refractivity contribution in [2.45, 2.75) is 49.7 Å². The number of hydrogen-bond acceptors (Lipinski definition) is 5. The number of amides is 1. The Labute approximate surface area is 185 Å². The maximum atomic E-state index is 12.2. The van der Waals surface area contributed by atoms with Crippen molar-refractivity contribution in [2.75, 3.05) is 24.2 Å². The fourth-order valence-corrected chi connectivity index (χ4v) is 5.68. The Morgan fingerprint density at radius 1 is 1.17 bits per heavy atom. The Kier molecular flexibility index (Phi) is 7.00. The van der Waals surface area contributed by atoms with Crippen LogP contribution in [0.2, 0.25) is 10.3 Å². The Balaban J connectivity index is 1.27. The number of imidazole rings is 1. The molecule has 1 N–H and O–H groups in total. The highest BCUT2D eigenvalue weighted by Crippen LogP contribution is 2.34. The van der Waals surface area contributed by atoms with Crippen LogP contribution in [0.1, 0.15) is 32.1 Å². The van der Waals surface area contributed by atoms with Crippen LogP contribution in [-0.4, -0.2) is 50.2 Å². The topological polar surface area (TPSA) is 63.1 Å². The summed E-state index contributed by atoms with van der Waals surface area (Å²) in [5.74, 6) is 1.66. The lowest BCUT2D eigenvalue weighted by atomic mass is 9.85. The van der Waals surface area contributed by atoms with Crippen LogP contribution in [0.25, 0.3) is 0 Å². The molecular weight excluding hydrogens is 429 g/mol. The van der Waals surface area contributed by atoms with Crippen molar-refractivity contribution in [3.8, 4) is 0 Å². The van der Waals surface area contributed by atoms with Crippen LogP contribution in [0.15, 0.2) is 29.7 Å². The molecule has 156 valence electrons. The van der Waals surface area contributed by atoms with Gasteiger partial charge < -0.3 is 14.8 Å². The number of carbonyl (C=O) groups is 1. The highest BCUT2D eigenvalue weighted by atomic mass is 35.5. The van der Waals surface area contributed by atoms with Crippen LogP contribution in [0.5, 0.6) is 0 Å². The van der Waals surface area contributed by atoms with E-state index in [1.54, 1.807) is 6.20 Å². The normalized spacial score (nSPS) is 22.3. The van der Waals surface area contributed by atoms with Gasteiger partial charge in [-0.2, -0.15) is 0 Å². The van der Waals surface area contributed by atoms with E-state index < -0.39 is 0 Å². The van der Waals surface area contributed by atoms with Gasteiger partial charge in [-0.15, -0.1) is 11.8 Å². The van der Waals surface area contributed by atoms with E-state index in [0.29, 0.717) is 5.69 Å². The molecule has 2 aromatic heterocycles. The molecule has 0 aromatic carbocycles. The van der Waals surface area contributed by atoms with Crippen molar-refractivity contribution in [1.82, 2.24) is 19.4 Å². The van der Waals surface area contributed by atoms with E-state index >= 15 is 0 Å². The van der Waals surface area contributed by atoms with Crippen LogP contribution in [0.4, 0.5) is 5.69 Å². The smallest absolute Gasteiger partial charge is 0.244 e. The number of pyridine rings is 1. The van der Waals surface area contributed by atoms with E-state index in [2.05, 4.69) is 20.2 Å². The first kappa shape index (κ1) is 21.0. The maximum absolute atomic E-state index is 12.2. The maximum Gasteiger partial charge on any atom is 0.244 e. The summed E-state index contributed by atoms with van der Waals surface area (Å²) < 4.78 is 1.50. The highest BCUT2D eigenvalue weighted by Gasteiger charge is 2.32. The second-order valence-corrected chi connectivity index (χ2v) is 9.46. The minimum Gasteiger partial charge on any atom is -0.323 e. The molecule has 2 atom stereocenters.